The van der Waals surface area contributed by atoms with Crippen molar-refractivity contribution in [2.45, 2.75) is 125 Å². The van der Waals surface area contributed by atoms with Gasteiger partial charge in [0.15, 0.2) is 0 Å². The van der Waals surface area contributed by atoms with Crippen LogP contribution >= 0.6 is 0 Å². The Morgan fingerprint density at radius 3 is 1.47 bits per heavy atom. The highest BCUT2D eigenvalue weighted by Crippen LogP contribution is 2.22. The van der Waals surface area contributed by atoms with Crippen molar-refractivity contribution < 1.29 is 19.5 Å². The maximum Gasteiger partial charge on any atom is 0.317 e. The second kappa shape index (κ2) is 23.2. The van der Waals surface area contributed by atoms with Crippen LogP contribution in [0.3, 0.4) is 0 Å². The number of benzene rings is 1. The number of urea groups is 1. The third-order valence-electron chi connectivity index (χ3n) is 11.2. The predicted octanol–water partition coefficient (Wildman–Crippen LogP) is 5.32. The Kier molecular flexibility index (Phi) is 20.4. The molecule has 1 unspecified atom stereocenters. The molecule has 4 amide bonds. The van der Waals surface area contributed by atoms with E-state index in [1.54, 1.807) is 4.90 Å². The van der Waals surface area contributed by atoms with Crippen LogP contribution < -0.4 is 5.32 Å². The smallest absolute Gasteiger partial charge is 0.317 e. The molecule has 53 heavy (non-hydrogen) atoms. The summed E-state index contributed by atoms with van der Waals surface area (Å²) in [5.74, 6) is 0.935. The van der Waals surface area contributed by atoms with Crippen molar-refractivity contribution in [2.75, 3.05) is 79.6 Å². The van der Waals surface area contributed by atoms with E-state index in [0.717, 1.165) is 83.6 Å². The van der Waals surface area contributed by atoms with Gasteiger partial charge in [0, 0.05) is 82.8 Å². The minimum absolute atomic E-state index is 0.0428. The highest BCUT2D eigenvalue weighted by molar-refractivity contribution is 5.79. The summed E-state index contributed by atoms with van der Waals surface area (Å²) in [6.07, 6.45) is 3.95. The van der Waals surface area contributed by atoms with Crippen LogP contribution in [-0.4, -0.2) is 156 Å². The molecule has 0 bridgehead atoms. The average Bonchev–Trinajstić information content (AvgIpc) is 3.14. The number of aryl methyl sites for hydroxylation is 1. The summed E-state index contributed by atoms with van der Waals surface area (Å²) in [6.45, 7) is 29.6. The first kappa shape index (κ1) is 46.4. The number of likely N-dealkylation sites (tertiary alicyclic amines) is 2. The SMILES string of the molecule is CC(C)N1CCC(C(=O)N(C)C)CC1.CC(C)N1CCC(C(=O)N(CCO)C(C)C)CC1.Cc1ccc(C(C)NC(=O)N2CCN(C(C)C)CC2)cc1. The summed E-state index contributed by atoms with van der Waals surface area (Å²) in [7, 11) is 3.69. The van der Waals surface area contributed by atoms with Crippen molar-refractivity contribution in [1.29, 1.82) is 0 Å². The van der Waals surface area contributed by atoms with Crippen molar-refractivity contribution in [3.63, 3.8) is 0 Å². The lowest BCUT2D eigenvalue weighted by molar-refractivity contribution is -0.139. The van der Waals surface area contributed by atoms with E-state index in [1.807, 2.05) is 44.7 Å². The zero-order valence-electron chi connectivity index (χ0n) is 35.6. The quantitative estimate of drug-likeness (QED) is 0.335. The topological polar surface area (TPSA) is 103 Å². The molecule has 0 spiro atoms. The summed E-state index contributed by atoms with van der Waals surface area (Å²) < 4.78 is 0. The number of amides is 4. The summed E-state index contributed by atoms with van der Waals surface area (Å²) >= 11 is 0. The largest absolute Gasteiger partial charge is 0.395 e. The molecule has 304 valence electrons. The van der Waals surface area contributed by atoms with Crippen LogP contribution in [0.2, 0.25) is 0 Å². The van der Waals surface area contributed by atoms with Gasteiger partial charge in [-0.15, -0.1) is 0 Å². The van der Waals surface area contributed by atoms with Gasteiger partial charge in [-0.3, -0.25) is 14.5 Å². The Morgan fingerprint density at radius 2 is 1.09 bits per heavy atom. The van der Waals surface area contributed by atoms with E-state index >= 15 is 0 Å². The van der Waals surface area contributed by atoms with Crippen LogP contribution in [-0.2, 0) is 9.59 Å². The molecule has 3 fully saturated rings. The van der Waals surface area contributed by atoms with E-state index < -0.39 is 0 Å². The molecule has 3 saturated heterocycles. The normalized spacial score (nSPS) is 18.7. The molecule has 0 aliphatic carbocycles. The van der Waals surface area contributed by atoms with E-state index in [-0.39, 0.29) is 42.5 Å². The standard InChI is InChI=1S/C17H27N3O.C14H28N2O2.C11H22N2O/c1-13(2)19-9-11-20(12-10-19)17(21)18-15(4)16-7-5-14(3)6-8-16;1-11(2)15-7-5-13(6-8-15)14(18)16(9-10-17)12(3)4;1-9(2)13-7-5-10(6-8-13)11(14)12(3)4/h5-8,13,15H,9-12H2,1-4H3,(H,18,21);11-13,17H,5-10H2,1-4H3;9-10H,5-8H2,1-4H3. The van der Waals surface area contributed by atoms with Gasteiger partial charge in [0.2, 0.25) is 11.8 Å². The van der Waals surface area contributed by atoms with Crippen LogP contribution in [0.1, 0.15) is 105 Å². The predicted molar refractivity (Wildman–Crippen MR) is 218 cm³/mol. The Morgan fingerprint density at radius 1 is 0.679 bits per heavy atom. The molecule has 4 rings (SSSR count). The van der Waals surface area contributed by atoms with Crippen molar-refractivity contribution in [3.8, 4) is 0 Å². The van der Waals surface area contributed by atoms with Gasteiger partial charge in [-0.05, 0) is 127 Å². The van der Waals surface area contributed by atoms with Gasteiger partial charge in [-0.25, -0.2) is 4.79 Å². The van der Waals surface area contributed by atoms with Crippen LogP contribution in [0.15, 0.2) is 24.3 Å². The number of hydrogen-bond donors (Lipinski definition) is 2. The monoisotopic (exact) mass is 744 g/mol. The van der Waals surface area contributed by atoms with E-state index in [9.17, 15) is 14.4 Å². The molecular formula is C42H77N7O4. The third-order valence-corrected chi connectivity index (χ3v) is 11.2. The van der Waals surface area contributed by atoms with E-state index in [4.69, 9.17) is 5.11 Å². The minimum atomic E-state index is 0.0428. The molecule has 0 radical (unpaired) electrons. The molecule has 0 aromatic heterocycles. The fraction of sp³-hybridized carbons (Fsp3) is 0.786. The van der Waals surface area contributed by atoms with Crippen molar-refractivity contribution in [2.24, 2.45) is 11.8 Å². The lowest BCUT2D eigenvalue weighted by Gasteiger charge is -2.37. The van der Waals surface area contributed by atoms with E-state index in [0.29, 0.717) is 30.6 Å². The Labute approximate surface area is 323 Å². The fourth-order valence-corrected chi connectivity index (χ4v) is 7.31. The van der Waals surface area contributed by atoms with Crippen molar-refractivity contribution in [1.82, 2.24) is 34.7 Å². The summed E-state index contributed by atoms with van der Waals surface area (Å²) in [6, 6.07) is 10.3. The lowest BCUT2D eigenvalue weighted by Crippen LogP contribution is -2.53. The number of carbonyl (C=O) groups excluding carboxylic acids is 3. The first-order valence-corrected chi connectivity index (χ1v) is 20.4. The molecule has 3 heterocycles. The first-order chi connectivity index (χ1) is 25.0. The van der Waals surface area contributed by atoms with Gasteiger partial charge in [-0.2, -0.15) is 0 Å². The molecule has 1 aromatic rings. The molecule has 1 aromatic carbocycles. The first-order valence-electron chi connectivity index (χ1n) is 20.4. The zero-order valence-corrected chi connectivity index (χ0v) is 35.6. The number of aliphatic hydroxyl groups excluding tert-OH is 1. The molecule has 3 aliphatic rings. The van der Waals surface area contributed by atoms with Crippen molar-refractivity contribution >= 4 is 17.8 Å². The van der Waals surface area contributed by atoms with Crippen LogP contribution in [0.4, 0.5) is 4.79 Å². The Hall–Kier alpha value is -2.73. The maximum absolute atomic E-state index is 12.4. The van der Waals surface area contributed by atoms with Gasteiger partial charge >= 0.3 is 6.03 Å². The number of piperazine rings is 1. The number of nitrogens with zero attached hydrogens (tertiary/aromatic N) is 6. The van der Waals surface area contributed by atoms with Gasteiger partial charge < -0.3 is 34.9 Å². The second-order valence-electron chi connectivity index (χ2n) is 16.6. The minimum Gasteiger partial charge on any atom is -0.395 e. The maximum atomic E-state index is 12.4. The lowest BCUT2D eigenvalue weighted by atomic mass is 9.94. The summed E-state index contributed by atoms with van der Waals surface area (Å²) in [5, 5.41) is 12.1. The number of hydrogen-bond acceptors (Lipinski definition) is 7. The molecule has 11 heteroatoms. The molecule has 11 nitrogen and oxygen atoms in total. The number of aliphatic hydroxyl groups is 1. The van der Waals surface area contributed by atoms with Gasteiger partial charge in [0.1, 0.15) is 0 Å². The van der Waals surface area contributed by atoms with Gasteiger partial charge in [0.05, 0.1) is 12.6 Å². The molecular weight excluding hydrogens is 667 g/mol. The highest BCUT2D eigenvalue weighted by Gasteiger charge is 2.30. The van der Waals surface area contributed by atoms with E-state index in [1.165, 1.54) is 5.56 Å². The summed E-state index contributed by atoms with van der Waals surface area (Å²) in [5.41, 5.74) is 2.39. The Bertz CT molecular complexity index is 1200. The van der Waals surface area contributed by atoms with E-state index in [2.05, 4.69) is 92.7 Å². The van der Waals surface area contributed by atoms with Gasteiger partial charge in [0.25, 0.3) is 0 Å². The second-order valence-corrected chi connectivity index (χ2v) is 16.6. The number of rotatable bonds is 10. The molecule has 2 N–H and O–H groups in total. The number of piperidine rings is 2. The van der Waals surface area contributed by atoms with Crippen LogP contribution in [0.25, 0.3) is 0 Å². The molecule has 1 atom stereocenters. The number of nitrogens with one attached hydrogen (secondary N) is 1. The zero-order chi connectivity index (χ0) is 39.8. The average molecular weight is 744 g/mol. The number of carbonyl (C=O) groups is 3. The van der Waals surface area contributed by atoms with Crippen LogP contribution in [0.5, 0.6) is 0 Å². The van der Waals surface area contributed by atoms with Crippen molar-refractivity contribution in [3.05, 3.63) is 35.4 Å². The fourth-order valence-electron chi connectivity index (χ4n) is 7.31. The third kappa shape index (κ3) is 15.5. The molecule has 3 aliphatic heterocycles. The van der Waals surface area contributed by atoms with Gasteiger partial charge in [-0.1, -0.05) is 29.8 Å². The molecule has 0 saturated carbocycles. The summed E-state index contributed by atoms with van der Waals surface area (Å²) in [4.78, 5) is 49.1. The van der Waals surface area contributed by atoms with Crippen LogP contribution in [0, 0.1) is 18.8 Å². The Balaban J connectivity index is 0.000000281. The highest BCUT2D eigenvalue weighted by atomic mass is 16.3.